The van der Waals surface area contributed by atoms with E-state index in [-0.39, 0.29) is 31.8 Å². The lowest BCUT2D eigenvalue weighted by atomic mass is 9.51. The Kier molecular flexibility index (Phi) is 13.9. The highest BCUT2D eigenvalue weighted by Crippen LogP contribution is 2.54. The van der Waals surface area contributed by atoms with Gasteiger partial charge in [0.05, 0.1) is 0 Å². The van der Waals surface area contributed by atoms with Gasteiger partial charge in [-0.2, -0.15) is 0 Å². The van der Waals surface area contributed by atoms with Crippen molar-refractivity contribution in [3.05, 3.63) is 0 Å². The van der Waals surface area contributed by atoms with Gasteiger partial charge >= 0.3 is 0 Å². The molecule has 0 aliphatic heterocycles. The first-order valence-electron chi connectivity index (χ1n) is 10.4. The molecule has 0 spiro atoms. The van der Waals surface area contributed by atoms with E-state index < -0.39 is 0 Å². The lowest BCUT2D eigenvalue weighted by Gasteiger charge is -2.53. The van der Waals surface area contributed by atoms with Crippen molar-refractivity contribution in [1.29, 1.82) is 0 Å². The monoisotopic (exact) mass is 360 g/mol. The van der Waals surface area contributed by atoms with E-state index in [0.29, 0.717) is 23.7 Å². The Hall–Kier alpha value is -0.160. The van der Waals surface area contributed by atoms with Gasteiger partial charge in [0.2, 0.25) is 0 Å². The number of hydrogen-bond acceptors (Lipinski definition) is 4. The fourth-order valence-corrected chi connectivity index (χ4v) is 5.50. The van der Waals surface area contributed by atoms with Crippen LogP contribution in [-0.2, 0) is 0 Å². The van der Waals surface area contributed by atoms with Gasteiger partial charge in [-0.3, -0.25) is 0 Å². The first-order valence-corrected chi connectivity index (χ1v) is 10.4. The number of rotatable bonds is 16. The third-order valence-corrected chi connectivity index (χ3v) is 6.60. The standard InChI is InChI=1S/C21H44O4/c1-17(9-5-13-22)21(18(2)10-6-14-23,19(3)11-7-15-24)20(4)12-8-16-25/h17-20,22-25H,5-16H2,1-4H3. The average Bonchev–Trinajstić information content (AvgIpc) is 2.61. The Morgan fingerprint density at radius 2 is 0.680 bits per heavy atom. The first-order chi connectivity index (χ1) is 11.9. The van der Waals surface area contributed by atoms with E-state index in [2.05, 4.69) is 27.7 Å². The van der Waals surface area contributed by atoms with Gasteiger partial charge in [-0.15, -0.1) is 0 Å². The molecule has 4 atom stereocenters. The second-order valence-electron chi connectivity index (χ2n) is 8.07. The molecule has 4 heteroatoms. The molecular formula is C21H44O4. The molecule has 0 saturated carbocycles. The van der Waals surface area contributed by atoms with E-state index in [1.165, 1.54) is 0 Å². The van der Waals surface area contributed by atoms with Gasteiger partial charge in [0, 0.05) is 26.4 Å². The van der Waals surface area contributed by atoms with Crippen LogP contribution < -0.4 is 0 Å². The summed E-state index contributed by atoms with van der Waals surface area (Å²) in [4.78, 5) is 0. The van der Waals surface area contributed by atoms with Crippen LogP contribution >= 0.6 is 0 Å². The van der Waals surface area contributed by atoms with E-state index in [4.69, 9.17) is 0 Å². The zero-order valence-electron chi connectivity index (χ0n) is 17.1. The molecule has 0 aromatic carbocycles. The summed E-state index contributed by atoms with van der Waals surface area (Å²) in [6.45, 7) is 10.2. The predicted molar refractivity (Wildman–Crippen MR) is 104 cm³/mol. The molecule has 0 aliphatic carbocycles. The van der Waals surface area contributed by atoms with Gasteiger partial charge < -0.3 is 20.4 Å². The van der Waals surface area contributed by atoms with Crippen molar-refractivity contribution in [2.75, 3.05) is 26.4 Å². The third kappa shape index (κ3) is 7.16. The Labute approximate surface area is 155 Å². The van der Waals surface area contributed by atoms with Gasteiger partial charge in [0.25, 0.3) is 0 Å². The lowest BCUT2D eigenvalue weighted by Crippen LogP contribution is -2.47. The second kappa shape index (κ2) is 14.0. The SMILES string of the molecule is CC(CCCO)C(C(C)CCCO)(C(C)CCCO)C(C)CCCO. The van der Waals surface area contributed by atoms with Gasteiger partial charge in [0.1, 0.15) is 0 Å². The predicted octanol–water partition coefficient (Wildman–Crippen LogP) is 3.61. The molecule has 4 unspecified atom stereocenters. The average molecular weight is 361 g/mol. The quantitative estimate of drug-likeness (QED) is 0.339. The summed E-state index contributed by atoms with van der Waals surface area (Å²) in [5.41, 5.74) is 0.0919. The molecule has 0 fully saturated rings. The third-order valence-electron chi connectivity index (χ3n) is 6.60. The fraction of sp³-hybridized carbons (Fsp3) is 1.00. The summed E-state index contributed by atoms with van der Waals surface area (Å²) < 4.78 is 0. The van der Waals surface area contributed by atoms with E-state index in [1.807, 2.05) is 0 Å². The zero-order valence-corrected chi connectivity index (χ0v) is 17.1. The summed E-state index contributed by atoms with van der Waals surface area (Å²) >= 11 is 0. The van der Waals surface area contributed by atoms with Crippen LogP contribution in [0.25, 0.3) is 0 Å². The second-order valence-corrected chi connectivity index (χ2v) is 8.07. The van der Waals surface area contributed by atoms with Crippen molar-refractivity contribution in [2.24, 2.45) is 29.1 Å². The maximum Gasteiger partial charge on any atom is 0.0431 e. The van der Waals surface area contributed by atoms with E-state index in [1.54, 1.807) is 0 Å². The highest BCUT2D eigenvalue weighted by Gasteiger charge is 2.47. The highest BCUT2D eigenvalue weighted by molar-refractivity contribution is 4.96. The van der Waals surface area contributed by atoms with Gasteiger partial charge in [-0.25, -0.2) is 0 Å². The molecule has 0 bridgehead atoms. The van der Waals surface area contributed by atoms with Gasteiger partial charge in [0.15, 0.2) is 0 Å². The molecule has 0 amide bonds. The molecule has 0 radical (unpaired) electrons. The minimum Gasteiger partial charge on any atom is -0.396 e. The molecular weight excluding hydrogens is 316 g/mol. The lowest BCUT2D eigenvalue weighted by molar-refractivity contribution is -0.0531. The summed E-state index contributed by atoms with van der Waals surface area (Å²) in [6.07, 6.45) is 7.23. The summed E-state index contributed by atoms with van der Waals surface area (Å²) in [7, 11) is 0. The smallest absolute Gasteiger partial charge is 0.0431 e. The van der Waals surface area contributed by atoms with Crippen LogP contribution in [-0.4, -0.2) is 46.9 Å². The number of hydrogen-bond donors (Lipinski definition) is 4. The van der Waals surface area contributed by atoms with E-state index in [0.717, 1.165) is 51.4 Å². The van der Waals surface area contributed by atoms with Crippen molar-refractivity contribution in [2.45, 2.75) is 79.1 Å². The highest BCUT2D eigenvalue weighted by atomic mass is 16.3. The summed E-state index contributed by atoms with van der Waals surface area (Å²) in [5.74, 6) is 1.82. The van der Waals surface area contributed by atoms with Crippen LogP contribution in [0.3, 0.4) is 0 Å². The molecule has 4 N–H and O–H groups in total. The van der Waals surface area contributed by atoms with Crippen molar-refractivity contribution in [3.63, 3.8) is 0 Å². The molecule has 152 valence electrons. The Balaban J connectivity index is 5.71. The maximum atomic E-state index is 9.32. The maximum absolute atomic E-state index is 9.32. The van der Waals surface area contributed by atoms with E-state index in [9.17, 15) is 20.4 Å². The largest absolute Gasteiger partial charge is 0.396 e. The van der Waals surface area contributed by atoms with Crippen LogP contribution in [0.4, 0.5) is 0 Å². The van der Waals surface area contributed by atoms with Crippen LogP contribution in [0.1, 0.15) is 79.1 Å². The molecule has 0 heterocycles. The fourth-order valence-electron chi connectivity index (χ4n) is 5.50. The zero-order chi connectivity index (χ0) is 19.3. The van der Waals surface area contributed by atoms with Gasteiger partial charge in [-0.1, -0.05) is 27.7 Å². The topological polar surface area (TPSA) is 80.9 Å². The van der Waals surface area contributed by atoms with Crippen molar-refractivity contribution >= 4 is 0 Å². The summed E-state index contributed by atoms with van der Waals surface area (Å²) in [5, 5.41) is 37.3. The van der Waals surface area contributed by atoms with Crippen LogP contribution in [0.5, 0.6) is 0 Å². The number of aliphatic hydroxyl groups is 4. The van der Waals surface area contributed by atoms with Crippen LogP contribution in [0.2, 0.25) is 0 Å². The van der Waals surface area contributed by atoms with Gasteiger partial charge in [-0.05, 0) is 80.5 Å². The summed E-state index contributed by atoms with van der Waals surface area (Å²) in [6, 6.07) is 0. The first kappa shape index (κ1) is 24.8. The molecule has 0 aliphatic rings. The Bertz CT molecular complexity index is 247. The van der Waals surface area contributed by atoms with E-state index >= 15 is 0 Å². The van der Waals surface area contributed by atoms with Crippen LogP contribution in [0.15, 0.2) is 0 Å². The molecule has 4 nitrogen and oxygen atoms in total. The minimum atomic E-state index is 0.0919. The normalized spacial score (nSPS) is 19.2. The molecule has 0 rings (SSSR count). The minimum absolute atomic E-state index is 0.0919. The molecule has 0 saturated heterocycles. The van der Waals surface area contributed by atoms with Crippen molar-refractivity contribution < 1.29 is 20.4 Å². The van der Waals surface area contributed by atoms with Crippen LogP contribution in [0, 0.1) is 29.1 Å². The molecule has 25 heavy (non-hydrogen) atoms. The Morgan fingerprint density at radius 1 is 0.480 bits per heavy atom. The van der Waals surface area contributed by atoms with Crippen molar-refractivity contribution in [1.82, 2.24) is 0 Å². The number of aliphatic hydroxyl groups excluding tert-OH is 4. The Morgan fingerprint density at radius 3 is 0.840 bits per heavy atom. The molecule has 0 aromatic heterocycles. The van der Waals surface area contributed by atoms with Crippen molar-refractivity contribution in [3.8, 4) is 0 Å². The molecule has 0 aromatic rings.